The fourth-order valence-electron chi connectivity index (χ4n) is 3.15. The van der Waals surface area contributed by atoms with Crippen molar-refractivity contribution >= 4 is 51.5 Å². The maximum atomic E-state index is 13.3. The third-order valence-electron chi connectivity index (χ3n) is 4.66. The summed E-state index contributed by atoms with van der Waals surface area (Å²) >= 11 is 6.56. The number of amides is 2. The summed E-state index contributed by atoms with van der Waals surface area (Å²) in [6.07, 6.45) is 0.257. The summed E-state index contributed by atoms with van der Waals surface area (Å²) < 4.78 is 13.6. The highest BCUT2D eigenvalue weighted by molar-refractivity contribution is 8.27. The number of hydrogen-bond acceptors (Lipinski definition) is 4. The molecule has 0 aromatic heterocycles. The Bertz CT molecular complexity index is 1160. The third-order valence-corrected chi connectivity index (χ3v) is 6.07. The van der Waals surface area contributed by atoms with E-state index in [1.165, 1.54) is 29.2 Å². The number of rotatable bonds is 5. The van der Waals surface area contributed by atoms with E-state index in [-0.39, 0.29) is 17.2 Å². The first-order valence-electron chi connectivity index (χ1n) is 9.48. The van der Waals surface area contributed by atoms with Crippen LogP contribution in [0.15, 0.2) is 95.4 Å². The van der Waals surface area contributed by atoms with E-state index in [2.05, 4.69) is 5.32 Å². The van der Waals surface area contributed by atoms with E-state index in [0.717, 1.165) is 17.3 Å². The van der Waals surface area contributed by atoms with Crippen molar-refractivity contribution in [2.24, 2.45) is 0 Å². The minimum atomic E-state index is -0.427. The molecule has 0 unspecified atom stereocenters. The Morgan fingerprint density at radius 3 is 2.19 bits per heavy atom. The number of hydrogen-bond donors (Lipinski definition) is 1. The second-order valence-electron chi connectivity index (χ2n) is 6.78. The molecule has 2 amide bonds. The Labute approximate surface area is 188 Å². The lowest BCUT2D eigenvalue weighted by atomic mass is 10.0. The van der Waals surface area contributed by atoms with Crippen molar-refractivity contribution in [1.29, 1.82) is 0 Å². The summed E-state index contributed by atoms with van der Waals surface area (Å²) in [4.78, 5) is 28.2. The van der Waals surface area contributed by atoms with Crippen molar-refractivity contribution in [2.75, 3.05) is 10.2 Å². The molecule has 7 heteroatoms. The van der Waals surface area contributed by atoms with Gasteiger partial charge in [0, 0.05) is 17.7 Å². The van der Waals surface area contributed by atoms with E-state index < -0.39 is 11.7 Å². The minimum Gasteiger partial charge on any atom is -0.322 e. The van der Waals surface area contributed by atoms with E-state index >= 15 is 0 Å². The molecule has 0 atom stereocenters. The van der Waals surface area contributed by atoms with Crippen molar-refractivity contribution in [2.45, 2.75) is 6.42 Å². The number of benzene rings is 3. The molecule has 0 spiro atoms. The van der Waals surface area contributed by atoms with Crippen molar-refractivity contribution in [3.63, 3.8) is 0 Å². The van der Waals surface area contributed by atoms with Gasteiger partial charge in [-0.05, 0) is 42.0 Å². The largest absolute Gasteiger partial charge is 0.322 e. The second-order valence-corrected chi connectivity index (χ2v) is 8.42. The summed E-state index contributed by atoms with van der Waals surface area (Å²) in [7, 11) is 0. The lowest BCUT2D eigenvalue weighted by Crippen LogP contribution is -2.28. The highest BCUT2D eigenvalue weighted by Crippen LogP contribution is 2.37. The average molecular weight is 449 g/mol. The van der Waals surface area contributed by atoms with Gasteiger partial charge >= 0.3 is 0 Å². The van der Waals surface area contributed by atoms with Crippen LogP contribution in [0.1, 0.15) is 5.56 Å². The van der Waals surface area contributed by atoms with Crippen molar-refractivity contribution in [3.05, 3.63) is 107 Å². The molecule has 0 aliphatic carbocycles. The first-order chi connectivity index (χ1) is 15.0. The molecule has 1 aliphatic heterocycles. The molecule has 4 nitrogen and oxygen atoms in total. The van der Waals surface area contributed by atoms with Crippen LogP contribution in [0.5, 0.6) is 0 Å². The molecule has 31 heavy (non-hydrogen) atoms. The van der Waals surface area contributed by atoms with E-state index in [0.29, 0.717) is 21.3 Å². The number of carbonyl (C=O) groups excluding carboxylic acids is 2. The molecule has 3 aromatic carbocycles. The number of para-hydroxylation sites is 1. The molecule has 0 bridgehead atoms. The predicted octanol–water partition coefficient (Wildman–Crippen LogP) is 5.33. The number of thioether (sulfide) groups is 1. The van der Waals surface area contributed by atoms with Crippen LogP contribution in [0.2, 0.25) is 0 Å². The van der Waals surface area contributed by atoms with Gasteiger partial charge in [-0.1, -0.05) is 72.5 Å². The molecule has 0 saturated carbocycles. The normalized spacial score (nSPS) is 15.2. The molecule has 4 rings (SSSR count). The summed E-state index contributed by atoms with van der Waals surface area (Å²) in [6.45, 7) is 0. The smallest absolute Gasteiger partial charge is 0.271 e. The van der Waals surface area contributed by atoms with Gasteiger partial charge in [0.15, 0.2) is 4.32 Å². The van der Waals surface area contributed by atoms with Crippen molar-refractivity contribution < 1.29 is 14.0 Å². The Balaban J connectivity index is 1.71. The maximum absolute atomic E-state index is 13.3. The molecule has 3 aromatic rings. The van der Waals surface area contributed by atoms with Gasteiger partial charge in [0.05, 0.1) is 10.6 Å². The predicted molar refractivity (Wildman–Crippen MR) is 126 cm³/mol. The third kappa shape index (κ3) is 4.73. The lowest BCUT2D eigenvalue weighted by molar-refractivity contribution is -0.115. The van der Waals surface area contributed by atoms with E-state index in [9.17, 15) is 14.0 Å². The quantitative estimate of drug-likeness (QED) is 0.424. The van der Waals surface area contributed by atoms with Crippen LogP contribution in [0.25, 0.3) is 0 Å². The number of thiocarbonyl (C=S) groups is 1. The number of carbonyl (C=O) groups is 2. The summed E-state index contributed by atoms with van der Waals surface area (Å²) in [6, 6.07) is 24.0. The van der Waals surface area contributed by atoms with E-state index in [4.69, 9.17) is 12.2 Å². The molecule has 154 valence electrons. The summed E-state index contributed by atoms with van der Waals surface area (Å²) in [5.41, 5.74) is 2.29. The average Bonchev–Trinajstić information content (AvgIpc) is 3.08. The van der Waals surface area contributed by atoms with Crippen LogP contribution in [0, 0.1) is 5.82 Å². The molecule has 1 fully saturated rings. The highest BCUT2D eigenvalue weighted by atomic mass is 32.2. The van der Waals surface area contributed by atoms with Crippen LogP contribution in [-0.4, -0.2) is 16.1 Å². The van der Waals surface area contributed by atoms with Crippen LogP contribution in [-0.2, 0) is 16.0 Å². The van der Waals surface area contributed by atoms with Gasteiger partial charge in [0.2, 0.25) is 0 Å². The van der Waals surface area contributed by atoms with Crippen molar-refractivity contribution in [3.8, 4) is 0 Å². The minimum absolute atomic E-state index is 0.257. The zero-order chi connectivity index (χ0) is 21.8. The monoisotopic (exact) mass is 448 g/mol. The Morgan fingerprint density at radius 2 is 1.55 bits per heavy atom. The Morgan fingerprint density at radius 1 is 0.935 bits per heavy atom. The van der Waals surface area contributed by atoms with Crippen LogP contribution in [0.4, 0.5) is 15.8 Å². The van der Waals surface area contributed by atoms with Gasteiger partial charge in [0.25, 0.3) is 11.8 Å². The van der Waals surface area contributed by atoms with Gasteiger partial charge in [-0.3, -0.25) is 14.5 Å². The Kier molecular flexibility index (Phi) is 6.25. The van der Waals surface area contributed by atoms with E-state index in [1.807, 2.05) is 48.5 Å². The zero-order valence-corrected chi connectivity index (χ0v) is 17.9. The molecule has 0 radical (unpaired) electrons. The maximum Gasteiger partial charge on any atom is 0.271 e. The summed E-state index contributed by atoms with van der Waals surface area (Å²) in [5, 5.41) is 2.77. The number of halogens is 1. The topological polar surface area (TPSA) is 49.4 Å². The highest BCUT2D eigenvalue weighted by Gasteiger charge is 2.37. The first-order valence-corrected chi connectivity index (χ1v) is 10.7. The molecular weight excluding hydrogens is 431 g/mol. The SMILES string of the molecule is O=C(Nc1ccc(F)cc1)/C(Cc1ccccc1)=C1/SC(=S)N(c2ccccc2)C1=O. The lowest BCUT2D eigenvalue weighted by Gasteiger charge is -2.15. The van der Waals surface area contributed by atoms with Crippen LogP contribution in [0.3, 0.4) is 0 Å². The van der Waals surface area contributed by atoms with Crippen LogP contribution >= 0.6 is 24.0 Å². The van der Waals surface area contributed by atoms with E-state index in [1.54, 1.807) is 12.1 Å². The molecular formula is C24H17FN2O2S2. The van der Waals surface area contributed by atoms with Gasteiger partial charge in [-0.25, -0.2) is 4.39 Å². The number of anilines is 2. The van der Waals surface area contributed by atoms with Gasteiger partial charge in [-0.2, -0.15) is 0 Å². The fraction of sp³-hybridized carbons (Fsp3) is 0.0417. The zero-order valence-electron chi connectivity index (χ0n) is 16.2. The number of nitrogens with zero attached hydrogens (tertiary/aromatic N) is 1. The van der Waals surface area contributed by atoms with Gasteiger partial charge in [0.1, 0.15) is 5.82 Å². The second kappa shape index (κ2) is 9.24. The molecule has 1 aliphatic rings. The number of nitrogens with one attached hydrogen (secondary N) is 1. The molecule has 1 heterocycles. The molecule has 1 saturated heterocycles. The Hall–Kier alpha value is -3.29. The van der Waals surface area contributed by atoms with Gasteiger partial charge in [-0.15, -0.1) is 0 Å². The first kappa shape index (κ1) is 21.0. The van der Waals surface area contributed by atoms with Gasteiger partial charge < -0.3 is 5.32 Å². The summed E-state index contributed by atoms with van der Waals surface area (Å²) in [5.74, 6) is -1.16. The molecule has 1 N–H and O–H groups in total. The van der Waals surface area contributed by atoms with Crippen molar-refractivity contribution in [1.82, 2.24) is 0 Å². The standard InChI is InChI=1S/C24H17FN2O2S2/c25-17-11-13-18(14-12-17)26-22(28)20(15-16-7-3-1-4-8-16)21-23(29)27(24(30)31-21)19-9-5-2-6-10-19/h1-14H,15H2,(H,26,28)/b21-20+. The fourth-order valence-corrected chi connectivity index (χ4v) is 4.51. The van der Waals surface area contributed by atoms with Crippen LogP contribution < -0.4 is 10.2 Å².